The number of carbonyl (C=O) groups is 2. The molecule has 120 valence electrons. The van der Waals surface area contributed by atoms with Crippen LogP contribution in [0.2, 0.25) is 0 Å². The van der Waals surface area contributed by atoms with Crippen LogP contribution in [0.25, 0.3) is 0 Å². The lowest BCUT2D eigenvalue weighted by molar-refractivity contribution is 0.0973. The molecule has 0 N–H and O–H groups in total. The second kappa shape index (κ2) is 5.34. The standard InChI is InChI=1S/C20H16O4/c1-23-19-13-9-5-6-10-14(13)20(24-2)16-15(19)17(21)11-7-3-4-8-12(11)18(16)22/h3-8H,9-10H2,1-2H3. The van der Waals surface area contributed by atoms with E-state index in [9.17, 15) is 9.59 Å². The van der Waals surface area contributed by atoms with Gasteiger partial charge >= 0.3 is 0 Å². The Hall–Kier alpha value is -2.88. The van der Waals surface area contributed by atoms with Gasteiger partial charge in [-0.15, -0.1) is 0 Å². The molecule has 0 amide bonds. The molecular formula is C20H16O4. The van der Waals surface area contributed by atoms with Crippen molar-refractivity contribution in [2.45, 2.75) is 12.8 Å². The maximum Gasteiger partial charge on any atom is 0.198 e. The van der Waals surface area contributed by atoms with Gasteiger partial charge in [0.1, 0.15) is 11.5 Å². The summed E-state index contributed by atoms with van der Waals surface area (Å²) in [5.41, 5.74) is 3.34. The van der Waals surface area contributed by atoms with Crippen molar-refractivity contribution in [3.8, 4) is 11.5 Å². The minimum atomic E-state index is -0.187. The molecule has 0 radical (unpaired) electrons. The zero-order valence-electron chi connectivity index (χ0n) is 13.5. The molecule has 0 aromatic heterocycles. The van der Waals surface area contributed by atoms with Crippen LogP contribution in [0.15, 0.2) is 36.4 Å². The Morgan fingerprint density at radius 2 is 1.17 bits per heavy atom. The first-order valence-electron chi connectivity index (χ1n) is 7.82. The largest absolute Gasteiger partial charge is 0.496 e. The monoisotopic (exact) mass is 320 g/mol. The van der Waals surface area contributed by atoms with Gasteiger partial charge in [-0.2, -0.15) is 0 Å². The van der Waals surface area contributed by atoms with E-state index < -0.39 is 0 Å². The summed E-state index contributed by atoms with van der Waals surface area (Å²) < 4.78 is 11.2. The predicted octanol–water partition coefficient (Wildman–Crippen LogP) is 3.13. The van der Waals surface area contributed by atoms with Crippen LogP contribution in [0.1, 0.15) is 43.0 Å². The van der Waals surface area contributed by atoms with Crippen LogP contribution in [0.5, 0.6) is 11.5 Å². The van der Waals surface area contributed by atoms with E-state index in [1.54, 1.807) is 38.5 Å². The van der Waals surface area contributed by atoms with E-state index >= 15 is 0 Å². The van der Waals surface area contributed by atoms with Crippen molar-refractivity contribution >= 4 is 11.6 Å². The van der Waals surface area contributed by atoms with Gasteiger partial charge in [0.15, 0.2) is 11.6 Å². The number of benzene rings is 2. The molecule has 4 rings (SSSR count). The van der Waals surface area contributed by atoms with Gasteiger partial charge in [-0.05, 0) is 12.8 Å². The molecule has 0 unspecified atom stereocenters. The molecule has 0 saturated carbocycles. The minimum Gasteiger partial charge on any atom is -0.496 e. The van der Waals surface area contributed by atoms with Crippen molar-refractivity contribution < 1.29 is 19.1 Å². The predicted molar refractivity (Wildman–Crippen MR) is 89.4 cm³/mol. The number of methoxy groups -OCH3 is 2. The van der Waals surface area contributed by atoms with Crippen molar-refractivity contribution in [2.75, 3.05) is 14.2 Å². The molecule has 0 atom stereocenters. The van der Waals surface area contributed by atoms with Crippen molar-refractivity contribution in [1.82, 2.24) is 0 Å². The first-order chi connectivity index (χ1) is 11.7. The Bertz CT molecular complexity index is 848. The molecule has 2 aliphatic rings. The SMILES string of the molecule is COc1c2c(c(OC)c3c1C(=O)c1ccccc1C3=O)CC=CC2. The zero-order chi connectivity index (χ0) is 16.8. The molecule has 0 aliphatic heterocycles. The van der Waals surface area contributed by atoms with Gasteiger partial charge in [0, 0.05) is 22.3 Å². The Morgan fingerprint density at radius 3 is 1.54 bits per heavy atom. The van der Waals surface area contributed by atoms with E-state index in [0.717, 1.165) is 11.1 Å². The Balaban J connectivity index is 2.12. The molecule has 4 nitrogen and oxygen atoms in total. The summed E-state index contributed by atoms with van der Waals surface area (Å²) in [4.78, 5) is 26.2. The van der Waals surface area contributed by atoms with Gasteiger partial charge in [0.25, 0.3) is 0 Å². The fourth-order valence-electron chi connectivity index (χ4n) is 3.67. The molecule has 0 spiro atoms. The van der Waals surface area contributed by atoms with Gasteiger partial charge in [-0.3, -0.25) is 9.59 Å². The number of hydrogen-bond acceptors (Lipinski definition) is 4. The zero-order valence-corrected chi connectivity index (χ0v) is 13.5. The third kappa shape index (κ3) is 1.80. The number of fused-ring (bicyclic) bond motifs is 3. The second-order valence-electron chi connectivity index (χ2n) is 5.86. The van der Waals surface area contributed by atoms with Crippen LogP contribution in [-0.4, -0.2) is 25.8 Å². The van der Waals surface area contributed by atoms with Crippen LogP contribution < -0.4 is 9.47 Å². The summed E-state index contributed by atoms with van der Waals surface area (Å²) in [7, 11) is 3.08. The lowest BCUT2D eigenvalue weighted by Gasteiger charge is -2.27. The summed E-state index contributed by atoms with van der Waals surface area (Å²) in [5, 5.41) is 0. The molecule has 0 bridgehead atoms. The normalized spacial score (nSPS) is 14.8. The molecule has 0 saturated heterocycles. The fraction of sp³-hybridized carbons (Fsp3) is 0.200. The quantitative estimate of drug-likeness (QED) is 0.681. The van der Waals surface area contributed by atoms with Crippen LogP contribution in [0.3, 0.4) is 0 Å². The third-order valence-electron chi connectivity index (χ3n) is 4.71. The number of rotatable bonds is 2. The minimum absolute atomic E-state index is 0.187. The summed E-state index contributed by atoms with van der Waals surface area (Å²) in [5.74, 6) is 0.622. The van der Waals surface area contributed by atoms with Gasteiger partial charge in [0.2, 0.25) is 0 Å². The average molecular weight is 320 g/mol. The molecular weight excluding hydrogens is 304 g/mol. The topological polar surface area (TPSA) is 52.6 Å². The average Bonchev–Trinajstić information content (AvgIpc) is 2.64. The first-order valence-corrected chi connectivity index (χ1v) is 7.82. The van der Waals surface area contributed by atoms with Gasteiger partial charge < -0.3 is 9.47 Å². The van der Waals surface area contributed by atoms with E-state index in [0.29, 0.717) is 46.6 Å². The highest BCUT2D eigenvalue weighted by molar-refractivity contribution is 6.30. The van der Waals surface area contributed by atoms with E-state index in [2.05, 4.69) is 0 Å². The van der Waals surface area contributed by atoms with Gasteiger partial charge in [-0.1, -0.05) is 36.4 Å². The highest BCUT2D eigenvalue weighted by Crippen LogP contribution is 2.45. The van der Waals surface area contributed by atoms with E-state index in [1.165, 1.54) is 0 Å². The highest BCUT2D eigenvalue weighted by atomic mass is 16.5. The van der Waals surface area contributed by atoms with Crippen LogP contribution in [-0.2, 0) is 12.8 Å². The van der Waals surface area contributed by atoms with Crippen molar-refractivity contribution in [2.24, 2.45) is 0 Å². The number of ketones is 2. The van der Waals surface area contributed by atoms with E-state index in [-0.39, 0.29) is 11.6 Å². The summed E-state index contributed by atoms with van der Waals surface area (Å²) in [6.45, 7) is 0. The fourth-order valence-corrected chi connectivity index (χ4v) is 3.67. The Kier molecular flexibility index (Phi) is 3.27. The Morgan fingerprint density at radius 1 is 0.750 bits per heavy atom. The molecule has 2 aromatic carbocycles. The summed E-state index contributed by atoms with van der Waals surface area (Å²) in [6, 6.07) is 6.90. The highest BCUT2D eigenvalue weighted by Gasteiger charge is 2.38. The first kappa shape index (κ1) is 14.7. The number of hydrogen-bond donors (Lipinski definition) is 0. The second-order valence-corrected chi connectivity index (χ2v) is 5.86. The lowest BCUT2D eigenvalue weighted by atomic mass is 9.79. The van der Waals surface area contributed by atoms with Gasteiger partial charge in [0.05, 0.1) is 25.3 Å². The smallest absolute Gasteiger partial charge is 0.198 e. The number of ether oxygens (including phenoxy) is 2. The lowest BCUT2D eigenvalue weighted by Crippen LogP contribution is -2.24. The van der Waals surface area contributed by atoms with E-state index in [4.69, 9.17) is 9.47 Å². The third-order valence-corrected chi connectivity index (χ3v) is 4.71. The molecule has 0 heterocycles. The van der Waals surface area contributed by atoms with Crippen molar-refractivity contribution in [3.63, 3.8) is 0 Å². The maximum absolute atomic E-state index is 13.1. The van der Waals surface area contributed by atoms with E-state index in [1.807, 2.05) is 12.2 Å². The maximum atomic E-state index is 13.1. The number of carbonyl (C=O) groups excluding carboxylic acids is 2. The van der Waals surface area contributed by atoms with Crippen molar-refractivity contribution in [1.29, 1.82) is 0 Å². The van der Waals surface area contributed by atoms with Gasteiger partial charge in [-0.25, -0.2) is 0 Å². The van der Waals surface area contributed by atoms with Crippen LogP contribution in [0.4, 0.5) is 0 Å². The van der Waals surface area contributed by atoms with Crippen LogP contribution >= 0.6 is 0 Å². The molecule has 2 aliphatic carbocycles. The molecule has 2 aromatic rings. The molecule has 24 heavy (non-hydrogen) atoms. The summed E-state index contributed by atoms with van der Waals surface area (Å²) >= 11 is 0. The summed E-state index contributed by atoms with van der Waals surface area (Å²) in [6.07, 6.45) is 5.40. The molecule has 0 fully saturated rings. The van der Waals surface area contributed by atoms with Crippen molar-refractivity contribution in [3.05, 3.63) is 69.8 Å². The molecule has 4 heteroatoms. The Labute approximate surface area is 139 Å². The number of allylic oxidation sites excluding steroid dienone is 2. The van der Waals surface area contributed by atoms with Crippen LogP contribution in [0, 0.1) is 0 Å².